The fourth-order valence-electron chi connectivity index (χ4n) is 3.79. The SMILES string of the molecule is Cc1ccccc1CN1C(=O)S/C(=C\c2ccc(OCC(=O)N3CCCCC3)cc2)C1=O. The molecular weight excluding hydrogens is 424 g/mol. The second-order valence-electron chi connectivity index (χ2n) is 7.99. The van der Waals surface area contributed by atoms with E-state index >= 15 is 0 Å². The molecule has 6 nitrogen and oxygen atoms in total. The van der Waals surface area contributed by atoms with Crippen LogP contribution in [0, 0.1) is 6.92 Å². The maximum atomic E-state index is 12.8. The number of rotatable bonds is 6. The van der Waals surface area contributed by atoms with Crippen LogP contribution in [-0.2, 0) is 16.1 Å². The van der Waals surface area contributed by atoms with Crippen LogP contribution in [0.3, 0.4) is 0 Å². The Hall–Kier alpha value is -3.06. The molecule has 0 aliphatic carbocycles. The van der Waals surface area contributed by atoms with E-state index in [-0.39, 0.29) is 30.2 Å². The Labute approximate surface area is 192 Å². The first kappa shape index (κ1) is 22.1. The van der Waals surface area contributed by atoms with E-state index < -0.39 is 0 Å². The molecule has 2 saturated heterocycles. The number of carbonyl (C=O) groups is 3. The summed E-state index contributed by atoms with van der Waals surface area (Å²) < 4.78 is 5.63. The number of likely N-dealkylation sites (tertiary alicyclic amines) is 1. The smallest absolute Gasteiger partial charge is 0.293 e. The summed E-state index contributed by atoms with van der Waals surface area (Å²) in [5, 5.41) is -0.263. The number of piperidine rings is 1. The lowest BCUT2D eigenvalue weighted by atomic mass is 10.1. The number of aryl methyl sites for hydroxylation is 1. The Balaban J connectivity index is 1.36. The second kappa shape index (κ2) is 10.0. The van der Waals surface area contributed by atoms with Gasteiger partial charge in [-0.15, -0.1) is 0 Å². The molecule has 0 bridgehead atoms. The van der Waals surface area contributed by atoms with Gasteiger partial charge in [0, 0.05) is 13.1 Å². The fraction of sp³-hybridized carbons (Fsp3) is 0.320. The number of hydrogen-bond donors (Lipinski definition) is 0. The molecule has 2 aliphatic heterocycles. The minimum absolute atomic E-state index is 0.0103. The number of hydrogen-bond acceptors (Lipinski definition) is 5. The van der Waals surface area contributed by atoms with Crippen molar-refractivity contribution in [3.05, 3.63) is 70.1 Å². The van der Waals surface area contributed by atoms with Crippen LogP contribution in [0.5, 0.6) is 5.75 Å². The quantitative estimate of drug-likeness (QED) is 0.601. The van der Waals surface area contributed by atoms with Crippen molar-refractivity contribution in [1.29, 1.82) is 0 Å². The van der Waals surface area contributed by atoms with Gasteiger partial charge in [0.15, 0.2) is 6.61 Å². The summed E-state index contributed by atoms with van der Waals surface area (Å²) in [6.07, 6.45) is 5.00. The topological polar surface area (TPSA) is 66.9 Å². The standard InChI is InChI=1S/C25H26N2O4S/c1-18-7-3-4-8-20(18)16-27-24(29)22(32-25(27)30)15-19-9-11-21(12-10-19)31-17-23(28)26-13-5-2-6-14-26/h3-4,7-12,15H,2,5-6,13-14,16-17H2,1H3/b22-15-. The summed E-state index contributed by atoms with van der Waals surface area (Å²) in [6, 6.07) is 14.9. The molecule has 0 radical (unpaired) electrons. The third-order valence-electron chi connectivity index (χ3n) is 5.71. The molecular formula is C25H26N2O4S. The molecule has 0 atom stereocenters. The molecule has 0 saturated carbocycles. The van der Waals surface area contributed by atoms with Gasteiger partial charge in [0.1, 0.15) is 5.75 Å². The zero-order valence-electron chi connectivity index (χ0n) is 18.1. The maximum absolute atomic E-state index is 12.8. The van der Waals surface area contributed by atoms with E-state index in [4.69, 9.17) is 4.74 Å². The molecule has 2 aliphatic rings. The third kappa shape index (κ3) is 5.22. The first-order valence-electron chi connectivity index (χ1n) is 10.8. The molecule has 0 N–H and O–H groups in total. The minimum atomic E-state index is -0.282. The highest BCUT2D eigenvalue weighted by Gasteiger charge is 2.35. The number of imide groups is 1. The van der Waals surface area contributed by atoms with Crippen molar-refractivity contribution >= 4 is 34.9 Å². The van der Waals surface area contributed by atoms with E-state index in [0.29, 0.717) is 10.7 Å². The van der Waals surface area contributed by atoms with Crippen molar-refractivity contribution in [3.63, 3.8) is 0 Å². The number of benzene rings is 2. The van der Waals surface area contributed by atoms with Crippen molar-refractivity contribution in [2.75, 3.05) is 19.7 Å². The summed E-state index contributed by atoms with van der Waals surface area (Å²) in [4.78, 5) is 41.0. The van der Waals surface area contributed by atoms with Gasteiger partial charge in [-0.05, 0) is 72.8 Å². The number of nitrogens with zero attached hydrogens (tertiary/aromatic N) is 2. The first-order valence-corrected chi connectivity index (χ1v) is 11.6. The monoisotopic (exact) mass is 450 g/mol. The largest absolute Gasteiger partial charge is 0.484 e. The van der Waals surface area contributed by atoms with Crippen molar-refractivity contribution in [2.45, 2.75) is 32.7 Å². The van der Waals surface area contributed by atoms with Gasteiger partial charge in [0.05, 0.1) is 11.4 Å². The van der Waals surface area contributed by atoms with Gasteiger partial charge in [-0.2, -0.15) is 0 Å². The zero-order valence-corrected chi connectivity index (χ0v) is 18.9. The molecule has 3 amide bonds. The Morgan fingerprint density at radius 1 is 1.03 bits per heavy atom. The van der Waals surface area contributed by atoms with Crippen LogP contribution in [-0.4, -0.2) is 46.5 Å². The molecule has 2 aromatic rings. The highest BCUT2D eigenvalue weighted by atomic mass is 32.2. The molecule has 32 heavy (non-hydrogen) atoms. The molecule has 7 heteroatoms. The van der Waals surface area contributed by atoms with Gasteiger partial charge in [0.2, 0.25) is 0 Å². The summed E-state index contributed by atoms with van der Waals surface area (Å²) in [5.41, 5.74) is 2.79. The predicted octanol–water partition coefficient (Wildman–Crippen LogP) is 4.62. The first-order chi connectivity index (χ1) is 15.5. The summed E-state index contributed by atoms with van der Waals surface area (Å²) in [5.74, 6) is 0.326. The van der Waals surface area contributed by atoms with E-state index in [1.807, 2.05) is 48.2 Å². The molecule has 2 fully saturated rings. The summed E-state index contributed by atoms with van der Waals surface area (Å²) >= 11 is 0.953. The van der Waals surface area contributed by atoms with Crippen LogP contribution in [0.2, 0.25) is 0 Å². The van der Waals surface area contributed by atoms with Gasteiger partial charge in [-0.3, -0.25) is 19.3 Å². The second-order valence-corrected chi connectivity index (χ2v) is 8.99. The number of thioether (sulfide) groups is 1. The molecule has 2 heterocycles. The minimum Gasteiger partial charge on any atom is -0.484 e. The van der Waals surface area contributed by atoms with Crippen LogP contribution in [0.15, 0.2) is 53.4 Å². The van der Waals surface area contributed by atoms with Crippen molar-refractivity contribution in [2.24, 2.45) is 0 Å². The highest BCUT2D eigenvalue weighted by molar-refractivity contribution is 8.18. The van der Waals surface area contributed by atoms with Gasteiger partial charge in [-0.1, -0.05) is 36.4 Å². The van der Waals surface area contributed by atoms with Crippen LogP contribution < -0.4 is 4.74 Å². The zero-order chi connectivity index (χ0) is 22.5. The molecule has 2 aromatic carbocycles. The third-order valence-corrected chi connectivity index (χ3v) is 6.62. The van der Waals surface area contributed by atoms with E-state index in [0.717, 1.165) is 54.4 Å². The number of amides is 3. The lowest BCUT2D eigenvalue weighted by Crippen LogP contribution is -2.38. The molecule has 0 unspecified atom stereocenters. The highest BCUT2D eigenvalue weighted by Crippen LogP contribution is 2.33. The Morgan fingerprint density at radius 3 is 2.47 bits per heavy atom. The van der Waals surface area contributed by atoms with Gasteiger partial charge in [-0.25, -0.2) is 0 Å². The van der Waals surface area contributed by atoms with E-state index in [1.165, 1.54) is 11.3 Å². The molecule has 166 valence electrons. The lowest BCUT2D eigenvalue weighted by Gasteiger charge is -2.26. The summed E-state index contributed by atoms with van der Waals surface area (Å²) in [6.45, 7) is 3.87. The van der Waals surface area contributed by atoms with E-state index in [1.54, 1.807) is 18.2 Å². The number of ether oxygens (including phenoxy) is 1. The Bertz CT molecular complexity index is 1040. The van der Waals surface area contributed by atoms with Crippen molar-refractivity contribution in [1.82, 2.24) is 9.80 Å². The Morgan fingerprint density at radius 2 is 1.75 bits per heavy atom. The van der Waals surface area contributed by atoms with Gasteiger partial charge in [0.25, 0.3) is 17.1 Å². The van der Waals surface area contributed by atoms with Crippen LogP contribution in [0.1, 0.15) is 36.0 Å². The molecule has 0 aromatic heterocycles. The summed E-state index contributed by atoms with van der Waals surface area (Å²) in [7, 11) is 0. The Kier molecular flexibility index (Phi) is 6.95. The van der Waals surface area contributed by atoms with E-state index in [9.17, 15) is 14.4 Å². The van der Waals surface area contributed by atoms with Crippen LogP contribution >= 0.6 is 11.8 Å². The normalized spacial score (nSPS) is 17.8. The van der Waals surface area contributed by atoms with Crippen molar-refractivity contribution < 1.29 is 19.1 Å². The predicted molar refractivity (Wildman–Crippen MR) is 125 cm³/mol. The van der Waals surface area contributed by atoms with E-state index in [2.05, 4.69) is 0 Å². The maximum Gasteiger partial charge on any atom is 0.293 e. The molecule has 4 rings (SSSR count). The molecule has 0 spiro atoms. The average Bonchev–Trinajstić information content (AvgIpc) is 3.07. The average molecular weight is 451 g/mol. The van der Waals surface area contributed by atoms with Gasteiger partial charge < -0.3 is 9.64 Å². The van der Waals surface area contributed by atoms with Crippen molar-refractivity contribution in [3.8, 4) is 5.75 Å². The van der Waals surface area contributed by atoms with Crippen LogP contribution in [0.4, 0.5) is 4.79 Å². The van der Waals surface area contributed by atoms with Crippen LogP contribution in [0.25, 0.3) is 6.08 Å². The lowest BCUT2D eigenvalue weighted by molar-refractivity contribution is -0.134. The fourth-order valence-corrected chi connectivity index (χ4v) is 4.62. The number of carbonyl (C=O) groups excluding carboxylic acids is 3. The van der Waals surface area contributed by atoms with Gasteiger partial charge >= 0.3 is 0 Å².